The number of aromatic amines is 1. The maximum Gasteiger partial charge on any atom is 0.309 e. The number of benzene rings is 1. The van der Waals surface area contributed by atoms with Gasteiger partial charge in [0.2, 0.25) is 0 Å². The number of nitrogens with one attached hydrogen (secondary N) is 3. The van der Waals surface area contributed by atoms with E-state index in [0.717, 1.165) is 6.42 Å². The lowest BCUT2D eigenvalue weighted by Gasteiger charge is -2.11. The van der Waals surface area contributed by atoms with Gasteiger partial charge in [0.25, 0.3) is 5.56 Å². The summed E-state index contributed by atoms with van der Waals surface area (Å²) in [6, 6.07) is 6.89. The Morgan fingerprint density at radius 3 is 2.59 bits per heavy atom. The molecule has 0 saturated heterocycles. The van der Waals surface area contributed by atoms with Crippen LogP contribution >= 0.6 is 0 Å². The van der Waals surface area contributed by atoms with Crippen LogP contribution in [-0.2, 0) is 16.1 Å². The minimum Gasteiger partial charge on any atom is -0.345 e. The van der Waals surface area contributed by atoms with E-state index >= 15 is 0 Å². The summed E-state index contributed by atoms with van der Waals surface area (Å²) in [5.41, 5.74) is 0.208. The van der Waals surface area contributed by atoms with Crippen LogP contribution in [0.1, 0.15) is 26.0 Å². The number of carbonyl (C=O) groups is 2. The van der Waals surface area contributed by atoms with E-state index in [1.54, 1.807) is 24.3 Å². The van der Waals surface area contributed by atoms with Crippen LogP contribution in [0.2, 0.25) is 0 Å². The number of H-pyrrole nitrogens is 1. The normalized spacial score (nSPS) is 11.9. The molecule has 0 aliphatic rings. The van der Waals surface area contributed by atoms with Crippen LogP contribution in [-0.4, -0.2) is 28.1 Å². The zero-order valence-corrected chi connectivity index (χ0v) is 12.5. The van der Waals surface area contributed by atoms with Crippen LogP contribution in [0.5, 0.6) is 0 Å². The third-order valence-electron chi connectivity index (χ3n) is 3.39. The first-order chi connectivity index (χ1) is 10.5. The number of fused-ring (bicyclic) bond motifs is 1. The van der Waals surface area contributed by atoms with Gasteiger partial charge >= 0.3 is 11.8 Å². The van der Waals surface area contributed by atoms with Crippen molar-refractivity contribution in [2.24, 2.45) is 0 Å². The van der Waals surface area contributed by atoms with Crippen LogP contribution in [0.3, 0.4) is 0 Å². The van der Waals surface area contributed by atoms with E-state index in [9.17, 15) is 14.4 Å². The Balaban J connectivity index is 2.09. The summed E-state index contributed by atoms with van der Waals surface area (Å²) < 4.78 is 0. The molecule has 0 aliphatic heterocycles. The molecule has 1 heterocycles. The molecule has 0 radical (unpaired) electrons. The SMILES string of the molecule is CC[C@@H](C)NC(=O)C(=O)NCc1n[nH]c(=O)c2ccccc12. The second-order valence-electron chi connectivity index (χ2n) is 5.01. The summed E-state index contributed by atoms with van der Waals surface area (Å²) in [6.45, 7) is 3.80. The van der Waals surface area contributed by atoms with Gasteiger partial charge in [0.1, 0.15) is 0 Å². The lowest BCUT2D eigenvalue weighted by Crippen LogP contribution is -2.43. The summed E-state index contributed by atoms with van der Waals surface area (Å²) in [5, 5.41) is 12.5. The van der Waals surface area contributed by atoms with E-state index in [4.69, 9.17) is 0 Å². The lowest BCUT2D eigenvalue weighted by molar-refractivity contribution is -0.139. The first-order valence-corrected chi connectivity index (χ1v) is 7.08. The molecule has 1 aromatic heterocycles. The quantitative estimate of drug-likeness (QED) is 0.713. The molecule has 2 amide bonds. The van der Waals surface area contributed by atoms with E-state index in [0.29, 0.717) is 16.5 Å². The van der Waals surface area contributed by atoms with Crippen molar-refractivity contribution in [3.05, 3.63) is 40.3 Å². The summed E-state index contributed by atoms with van der Waals surface area (Å²) in [5.74, 6) is -1.40. The van der Waals surface area contributed by atoms with Gasteiger partial charge in [-0.3, -0.25) is 14.4 Å². The topological polar surface area (TPSA) is 104 Å². The van der Waals surface area contributed by atoms with Crippen molar-refractivity contribution in [3.63, 3.8) is 0 Å². The summed E-state index contributed by atoms with van der Waals surface area (Å²) >= 11 is 0. The van der Waals surface area contributed by atoms with E-state index in [2.05, 4.69) is 20.8 Å². The van der Waals surface area contributed by atoms with Crippen LogP contribution in [0.15, 0.2) is 29.1 Å². The van der Waals surface area contributed by atoms with Crippen LogP contribution < -0.4 is 16.2 Å². The maximum atomic E-state index is 11.7. The highest BCUT2D eigenvalue weighted by Crippen LogP contribution is 2.11. The van der Waals surface area contributed by atoms with Gasteiger partial charge in [-0.1, -0.05) is 25.1 Å². The standard InChI is InChI=1S/C15H18N4O3/c1-3-9(2)17-15(22)14(21)16-8-12-10-6-4-5-7-11(10)13(20)19-18-12/h4-7,9H,3,8H2,1-2H3,(H,16,21)(H,17,22)(H,19,20)/t9-/m1/s1. The monoisotopic (exact) mass is 302 g/mol. The van der Waals surface area contributed by atoms with Crippen LogP contribution in [0, 0.1) is 0 Å². The molecule has 7 heteroatoms. The summed E-state index contributed by atoms with van der Waals surface area (Å²) in [4.78, 5) is 35.1. The lowest BCUT2D eigenvalue weighted by atomic mass is 10.1. The van der Waals surface area contributed by atoms with Crippen molar-refractivity contribution >= 4 is 22.6 Å². The average Bonchev–Trinajstić information content (AvgIpc) is 2.54. The number of hydrogen-bond acceptors (Lipinski definition) is 4. The molecule has 116 valence electrons. The third kappa shape index (κ3) is 3.49. The Labute approximate surface area is 127 Å². The Hall–Kier alpha value is -2.70. The van der Waals surface area contributed by atoms with Gasteiger partial charge in [0, 0.05) is 11.4 Å². The summed E-state index contributed by atoms with van der Waals surface area (Å²) in [7, 11) is 0. The number of amides is 2. The van der Waals surface area contributed by atoms with Gasteiger partial charge in [-0.25, -0.2) is 5.10 Å². The fourth-order valence-corrected chi connectivity index (χ4v) is 1.94. The van der Waals surface area contributed by atoms with Crippen LogP contribution in [0.25, 0.3) is 10.8 Å². The van der Waals surface area contributed by atoms with Gasteiger partial charge in [0.15, 0.2) is 0 Å². The Kier molecular flexibility index (Phi) is 4.88. The molecule has 0 fully saturated rings. The largest absolute Gasteiger partial charge is 0.345 e. The van der Waals surface area contributed by atoms with E-state index < -0.39 is 11.8 Å². The molecule has 0 bridgehead atoms. The fraction of sp³-hybridized carbons (Fsp3) is 0.333. The van der Waals surface area contributed by atoms with Gasteiger partial charge in [-0.05, 0) is 19.4 Å². The number of carbonyl (C=O) groups excluding carboxylic acids is 2. The second-order valence-corrected chi connectivity index (χ2v) is 5.01. The van der Waals surface area contributed by atoms with Crippen molar-refractivity contribution in [2.45, 2.75) is 32.9 Å². The molecular weight excluding hydrogens is 284 g/mol. The minimum absolute atomic E-state index is 0.0596. The molecular formula is C15H18N4O3. The van der Waals surface area contributed by atoms with Crippen molar-refractivity contribution in [2.75, 3.05) is 0 Å². The van der Waals surface area contributed by atoms with E-state index in [1.807, 2.05) is 13.8 Å². The molecule has 2 aromatic rings. The van der Waals surface area contributed by atoms with Crippen molar-refractivity contribution in [1.82, 2.24) is 20.8 Å². The molecule has 0 saturated carbocycles. The third-order valence-corrected chi connectivity index (χ3v) is 3.39. The number of nitrogens with zero attached hydrogens (tertiary/aromatic N) is 1. The predicted molar refractivity (Wildman–Crippen MR) is 82.1 cm³/mol. The van der Waals surface area contributed by atoms with Crippen molar-refractivity contribution in [1.29, 1.82) is 0 Å². The number of aromatic nitrogens is 2. The van der Waals surface area contributed by atoms with Crippen molar-refractivity contribution < 1.29 is 9.59 Å². The first-order valence-electron chi connectivity index (χ1n) is 7.08. The smallest absolute Gasteiger partial charge is 0.309 e. The Morgan fingerprint density at radius 2 is 1.91 bits per heavy atom. The predicted octanol–water partition coefficient (Wildman–Crippen LogP) is 0.454. The zero-order chi connectivity index (χ0) is 16.1. The molecule has 0 aliphatic carbocycles. The highest BCUT2D eigenvalue weighted by molar-refractivity contribution is 6.35. The molecule has 1 aromatic carbocycles. The molecule has 7 nitrogen and oxygen atoms in total. The molecule has 3 N–H and O–H groups in total. The molecule has 2 rings (SSSR count). The summed E-state index contributed by atoms with van der Waals surface area (Å²) in [6.07, 6.45) is 0.741. The molecule has 0 unspecified atom stereocenters. The van der Waals surface area contributed by atoms with Gasteiger partial charge in [-0.2, -0.15) is 5.10 Å². The number of hydrogen-bond donors (Lipinski definition) is 3. The van der Waals surface area contributed by atoms with Crippen molar-refractivity contribution in [3.8, 4) is 0 Å². The number of rotatable bonds is 4. The van der Waals surface area contributed by atoms with E-state index in [-0.39, 0.29) is 18.1 Å². The highest BCUT2D eigenvalue weighted by atomic mass is 16.2. The first kappa shape index (κ1) is 15.7. The Morgan fingerprint density at radius 1 is 1.23 bits per heavy atom. The highest BCUT2D eigenvalue weighted by Gasteiger charge is 2.16. The molecule has 22 heavy (non-hydrogen) atoms. The minimum atomic E-state index is -0.725. The Bertz CT molecular complexity index is 754. The zero-order valence-electron chi connectivity index (χ0n) is 12.5. The maximum absolute atomic E-state index is 11.7. The fourth-order valence-electron chi connectivity index (χ4n) is 1.94. The molecule has 0 spiro atoms. The van der Waals surface area contributed by atoms with Gasteiger partial charge < -0.3 is 10.6 Å². The van der Waals surface area contributed by atoms with Gasteiger partial charge in [0.05, 0.1) is 17.6 Å². The molecule has 1 atom stereocenters. The average molecular weight is 302 g/mol. The second kappa shape index (κ2) is 6.84. The van der Waals surface area contributed by atoms with Crippen LogP contribution in [0.4, 0.5) is 0 Å². The van der Waals surface area contributed by atoms with E-state index in [1.165, 1.54) is 0 Å². The van der Waals surface area contributed by atoms with Gasteiger partial charge in [-0.15, -0.1) is 0 Å².